The lowest BCUT2D eigenvalue weighted by Gasteiger charge is -2.04. The Morgan fingerprint density at radius 1 is 0.721 bits per heavy atom. The molecule has 13 heteroatoms. The molecule has 0 aliphatic heterocycles. The molecule has 0 aliphatic rings. The lowest BCUT2D eigenvalue weighted by Crippen LogP contribution is -1.81. The van der Waals surface area contributed by atoms with E-state index in [0.717, 1.165) is 19.5 Å². The molecule has 5 aromatic heterocycles. The summed E-state index contributed by atoms with van der Waals surface area (Å²) in [5.74, 6) is 0.900. The standard InChI is InChI=1S/C30H16N6O2S5/c1-13-15-7-18(28-16(37-5)8-23(42-28)35-21(11-31)33-3)39-26(15)14(2)25-27(13)40-20-10-19(41-30(20)25)29-17(38-6)9-24(43-29)36-22(12-32)34-4/h7-10H,1-2,5-6H3. The molecule has 0 amide bonds. The molecule has 0 bridgehead atoms. The number of benzene rings is 1. The number of rotatable bonds is 6. The molecular weight excluding hydrogens is 637 g/mol. The highest BCUT2D eigenvalue weighted by Gasteiger charge is 2.23. The summed E-state index contributed by atoms with van der Waals surface area (Å²) in [6, 6.07) is 11.5. The van der Waals surface area contributed by atoms with Gasteiger partial charge >= 0.3 is 11.7 Å². The number of methoxy groups -OCH3 is 2. The number of ether oxygens (including phenoxy) is 2. The maximum absolute atomic E-state index is 9.14. The molecule has 43 heavy (non-hydrogen) atoms. The molecule has 0 saturated carbocycles. The number of hydrogen-bond donors (Lipinski definition) is 0. The molecule has 1 aromatic carbocycles. The summed E-state index contributed by atoms with van der Waals surface area (Å²) < 4.78 is 16.1. The minimum absolute atomic E-state index is 0.210. The molecular formula is C30H16N6O2S5. The fourth-order valence-corrected chi connectivity index (χ4v) is 10.9. The minimum Gasteiger partial charge on any atom is -0.495 e. The molecule has 0 spiro atoms. The van der Waals surface area contributed by atoms with E-state index in [2.05, 4.69) is 45.7 Å². The Morgan fingerprint density at radius 2 is 1.26 bits per heavy atom. The van der Waals surface area contributed by atoms with Crippen LogP contribution in [0, 0.1) is 49.7 Å². The van der Waals surface area contributed by atoms with Crippen molar-refractivity contribution in [2.75, 3.05) is 14.2 Å². The number of thiophene rings is 5. The second-order valence-corrected chi connectivity index (χ2v) is 14.2. The van der Waals surface area contributed by atoms with Crippen LogP contribution in [-0.4, -0.2) is 25.9 Å². The second kappa shape index (κ2) is 11.2. The van der Waals surface area contributed by atoms with Crippen LogP contribution in [0.15, 0.2) is 34.3 Å². The van der Waals surface area contributed by atoms with Gasteiger partial charge in [-0.1, -0.05) is 45.8 Å². The van der Waals surface area contributed by atoms with E-state index in [1.807, 2.05) is 12.1 Å². The zero-order valence-corrected chi connectivity index (χ0v) is 26.9. The Bertz CT molecular complexity index is 2320. The lowest BCUT2D eigenvalue weighted by atomic mass is 10.0. The number of hydrogen-bond acceptors (Lipinski definition) is 11. The fourth-order valence-electron chi connectivity index (χ4n) is 4.74. The Morgan fingerprint density at radius 3 is 1.77 bits per heavy atom. The maximum Gasteiger partial charge on any atom is 0.350 e. The third kappa shape index (κ3) is 4.74. The van der Waals surface area contributed by atoms with Crippen LogP contribution in [0.5, 0.6) is 11.5 Å². The van der Waals surface area contributed by atoms with Gasteiger partial charge in [0.1, 0.15) is 23.6 Å². The fraction of sp³-hybridized carbons (Fsp3) is 0.133. The normalized spacial score (nSPS) is 11.9. The third-order valence-electron chi connectivity index (χ3n) is 6.66. The van der Waals surface area contributed by atoms with Crippen LogP contribution in [0.1, 0.15) is 11.1 Å². The van der Waals surface area contributed by atoms with Gasteiger partial charge in [0.15, 0.2) is 0 Å². The molecule has 0 fully saturated rings. The summed E-state index contributed by atoms with van der Waals surface area (Å²) >= 11 is 7.97. The molecule has 0 atom stereocenters. The van der Waals surface area contributed by atoms with Crippen LogP contribution in [0.2, 0.25) is 0 Å². The van der Waals surface area contributed by atoms with E-state index < -0.39 is 0 Å². The second-order valence-electron chi connectivity index (χ2n) is 9.00. The van der Waals surface area contributed by atoms with E-state index in [1.54, 1.807) is 60.4 Å². The van der Waals surface area contributed by atoms with Crippen molar-refractivity contribution in [3.63, 3.8) is 0 Å². The van der Waals surface area contributed by atoms with Gasteiger partial charge in [0.25, 0.3) is 0 Å². The molecule has 0 saturated heterocycles. The topological polar surface area (TPSA) is 99.5 Å². The van der Waals surface area contributed by atoms with Crippen molar-refractivity contribution >= 4 is 108 Å². The zero-order chi connectivity index (χ0) is 30.4. The third-order valence-corrected chi connectivity index (χ3v) is 12.8. The molecule has 6 rings (SSSR count). The number of amidine groups is 2. The minimum atomic E-state index is -0.211. The zero-order valence-electron chi connectivity index (χ0n) is 22.9. The van der Waals surface area contributed by atoms with E-state index in [9.17, 15) is 0 Å². The highest BCUT2D eigenvalue weighted by molar-refractivity contribution is 7.35. The Balaban J connectivity index is 1.49. The van der Waals surface area contributed by atoms with Crippen molar-refractivity contribution in [3.05, 3.63) is 58.2 Å². The molecule has 0 unspecified atom stereocenters. The summed E-state index contributed by atoms with van der Waals surface area (Å²) in [6.45, 7) is 18.6. The van der Waals surface area contributed by atoms with E-state index in [-0.39, 0.29) is 11.7 Å². The van der Waals surface area contributed by atoms with Crippen LogP contribution in [0.3, 0.4) is 0 Å². The molecule has 8 nitrogen and oxygen atoms in total. The maximum atomic E-state index is 9.14. The van der Waals surface area contributed by atoms with Crippen LogP contribution in [-0.2, 0) is 0 Å². The lowest BCUT2D eigenvalue weighted by molar-refractivity contribution is 0.418. The molecule has 0 radical (unpaired) electrons. The molecule has 5 heterocycles. The molecule has 0 aliphatic carbocycles. The van der Waals surface area contributed by atoms with Gasteiger partial charge in [0, 0.05) is 36.5 Å². The number of nitriles is 2. The summed E-state index contributed by atoms with van der Waals surface area (Å²) in [6.07, 6.45) is 0. The molecule has 0 N–H and O–H groups in total. The quantitative estimate of drug-likeness (QED) is 0.102. The summed E-state index contributed by atoms with van der Waals surface area (Å²) in [5.41, 5.74) is 2.43. The van der Waals surface area contributed by atoms with Gasteiger partial charge < -0.3 is 19.2 Å². The van der Waals surface area contributed by atoms with Crippen molar-refractivity contribution in [1.82, 2.24) is 0 Å². The van der Waals surface area contributed by atoms with E-state index >= 15 is 0 Å². The highest BCUT2D eigenvalue weighted by Crippen LogP contribution is 2.53. The van der Waals surface area contributed by atoms with Crippen LogP contribution >= 0.6 is 56.7 Å². The van der Waals surface area contributed by atoms with Crippen LogP contribution < -0.4 is 9.47 Å². The van der Waals surface area contributed by atoms with Crippen molar-refractivity contribution in [3.8, 4) is 43.1 Å². The monoisotopic (exact) mass is 652 g/mol. The van der Waals surface area contributed by atoms with E-state index in [0.29, 0.717) is 21.5 Å². The predicted molar refractivity (Wildman–Crippen MR) is 180 cm³/mol. The van der Waals surface area contributed by atoms with Crippen molar-refractivity contribution in [2.24, 2.45) is 9.98 Å². The van der Waals surface area contributed by atoms with Crippen molar-refractivity contribution in [1.29, 1.82) is 10.5 Å². The number of aryl methyl sites for hydroxylation is 2. The average Bonchev–Trinajstić information content (AvgIpc) is 3.83. The smallest absolute Gasteiger partial charge is 0.350 e. The summed E-state index contributed by atoms with van der Waals surface area (Å²) in [4.78, 5) is 18.6. The van der Waals surface area contributed by atoms with Gasteiger partial charge in [0.2, 0.25) is 10.0 Å². The van der Waals surface area contributed by atoms with Gasteiger partial charge in [-0.2, -0.15) is 0 Å². The van der Waals surface area contributed by atoms with Gasteiger partial charge in [0.05, 0.1) is 33.6 Å². The van der Waals surface area contributed by atoms with Crippen molar-refractivity contribution < 1.29 is 9.47 Å². The van der Waals surface area contributed by atoms with Crippen molar-refractivity contribution in [2.45, 2.75) is 13.8 Å². The first-order valence-corrected chi connectivity index (χ1v) is 16.4. The van der Waals surface area contributed by atoms with Gasteiger partial charge in [-0.25, -0.2) is 10.5 Å². The molecule has 6 aromatic rings. The highest BCUT2D eigenvalue weighted by atomic mass is 32.1. The van der Waals surface area contributed by atoms with Crippen LogP contribution in [0.25, 0.3) is 58.8 Å². The van der Waals surface area contributed by atoms with Gasteiger partial charge in [-0.05, 0) is 42.5 Å². The van der Waals surface area contributed by atoms with E-state index in [4.69, 9.17) is 33.1 Å². The number of fused-ring (bicyclic) bond motifs is 4. The SMILES string of the molecule is [C-]#[N+]C(C#N)=Nc1cc(OC)c(-c2cc3c(C)c4sc5cc(-c6sc(N=C(C#N)[N+]#[C-])cc6OC)sc5c4c(C)c3s2)s1. The predicted octanol–water partition coefficient (Wildman–Crippen LogP) is 10.4. The Kier molecular flexibility index (Phi) is 7.45. The summed E-state index contributed by atoms with van der Waals surface area (Å²) in [5, 5.41) is 21.8. The van der Waals surface area contributed by atoms with Gasteiger partial charge in [-0.3, -0.25) is 0 Å². The van der Waals surface area contributed by atoms with Gasteiger partial charge in [-0.15, -0.1) is 34.0 Å². The average molecular weight is 653 g/mol. The summed E-state index contributed by atoms with van der Waals surface area (Å²) in [7, 11) is 3.21. The first kappa shape index (κ1) is 28.5. The Labute approximate surface area is 265 Å². The van der Waals surface area contributed by atoms with E-state index in [1.165, 1.54) is 63.4 Å². The Hall–Kier alpha value is -4.60. The molecule has 208 valence electrons. The first-order chi connectivity index (χ1) is 20.8. The first-order valence-electron chi connectivity index (χ1n) is 12.3. The van der Waals surface area contributed by atoms with Crippen LogP contribution in [0.4, 0.5) is 10.0 Å². The largest absolute Gasteiger partial charge is 0.495 e. The number of aliphatic imine (C=N–C) groups is 2. The number of nitrogens with zero attached hydrogens (tertiary/aromatic N) is 6.